The van der Waals surface area contributed by atoms with Crippen LogP contribution >= 0.6 is 0 Å². The third kappa shape index (κ3) is 5.60. The van der Waals surface area contributed by atoms with Crippen LogP contribution in [0.15, 0.2) is 0 Å². The summed E-state index contributed by atoms with van der Waals surface area (Å²) in [5, 5.41) is 90.8. The van der Waals surface area contributed by atoms with Gasteiger partial charge in [0.1, 0.15) is 61.0 Å². The summed E-state index contributed by atoms with van der Waals surface area (Å²) in [7, 11) is 0.991. The molecule has 3 rings (SSSR count). The van der Waals surface area contributed by atoms with Crippen LogP contribution in [0.3, 0.4) is 0 Å². The lowest BCUT2D eigenvalue weighted by Gasteiger charge is -2.47. The number of carbonyl (C=O) groups excluding carboxylic acids is 1. The number of aliphatic hydroxyl groups is 9. The molecule has 3 fully saturated rings. The van der Waals surface area contributed by atoms with Gasteiger partial charge in [-0.3, -0.25) is 0 Å². The van der Waals surface area contributed by atoms with Crippen LogP contribution < -0.4 is 0 Å². The summed E-state index contributed by atoms with van der Waals surface area (Å²) in [4.78, 5) is 12.0. The number of carbonyl (C=O) groups is 1. The number of hydrogen-bond donors (Lipinski definition) is 9. The fourth-order valence-electron chi connectivity index (χ4n) is 4.08. The Morgan fingerprint density at radius 2 is 1.26 bits per heavy atom. The van der Waals surface area contributed by atoms with E-state index in [1.54, 1.807) is 0 Å². The van der Waals surface area contributed by atoms with E-state index in [0.29, 0.717) is 0 Å². The van der Waals surface area contributed by atoms with Gasteiger partial charge in [0.25, 0.3) is 0 Å². The predicted octanol–water partition coefficient (Wildman–Crippen LogP) is -6.36. The molecule has 3 aliphatic heterocycles. The van der Waals surface area contributed by atoms with Crippen LogP contribution in [0.5, 0.6) is 0 Å². The summed E-state index contributed by atoms with van der Waals surface area (Å²) < 4.78 is 31.1. The van der Waals surface area contributed by atoms with Gasteiger partial charge in [0.05, 0.1) is 19.8 Å². The fourth-order valence-corrected chi connectivity index (χ4v) is 4.08. The third-order valence-electron chi connectivity index (χ3n) is 6.21. The molecule has 16 heteroatoms. The van der Waals surface area contributed by atoms with Gasteiger partial charge in [-0.25, -0.2) is 4.79 Å². The molecule has 0 aromatic heterocycles. The first-order chi connectivity index (χ1) is 16.4. The van der Waals surface area contributed by atoms with Crippen LogP contribution in [-0.4, -0.2) is 158 Å². The summed E-state index contributed by atoms with van der Waals surface area (Å²) >= 11 is 0. The minimum atomic E-state index is -1.96. The quantitative estimate of drug-likeness (QED) is 0.149. The Morgan fingerprint density at radius 1 is 0.714 bits per heavy atom. The van der Waals surface area contributed by atoms with Gasteiger partial charge in [-0.2, -0.15) is 0 Å². The second-order valence-corrected chi connectivity index (χ2v) is 8.54. The number of rotatable bonds is 6. The summed E-state index contributed by atoms with van der Waals surface area (Å²) in [6.07, 6.45) is -25.3. The number of esters is 1. The molecule has 0 unspecified atom stereocenters. The second-order valence-electron chi connectivity index (χ2n) is 8.54. The van der Waals surface area contributed by atoms with Gasteiger partial charge in [0.2, 0.25) is 0 Å². The van der Waals surface area contributed by atoms with E-state index in [0.717, 1.165) is 7.11 Å². The Labute approximate surface area is 198 Å². The van der Waals surface area contributed by atoms with Crippen LogP contribution in [0.25, 0.3) is 0 Å². The molecule has 0 aliphatic carbocycles. The molecule has 0 aromatic rings. The zero-order valence-electron chi connectivity index (χ0n) is 18.8. The molecular weight excluding hydrogens is 484 g/mol. The average molecular weight is 516 g/mol. The minimum absolute atomic E-state index is 0.816. The summed E-state index contributed by atoms with van der Waals surface area (Å²) in [6, 6.07) is 0. The Balaban J connectivity index is 1.75. The first-order valence-corrected chi connectivity index (χ1v) is 10.8. The first-order valence-electron chi connectivity index (χ1n) is 10.8. The molecule has 0 saturated carbocycles. The SMILES string of the molecule is COC(=O)[C@H]1O[C@@H](O)[C@H](O)[C@@H](O)[C@@H]1O[C@@H]1O[C@H](CO)[C@@H](O[C@@H]2O[C@@H](C)[C@H](O)[C@@H](O)[C@H]2O)[C@H](O)[C@H]1O. The molecule has 3 heterocycles. The Morgan fingerprint density at radius 3 is 1.86 bits per heavy atom. The number of methoxy groups -OCH3 is 1. The summed E-state index contributed by atoms with van der Waals surface area (Å²) in [5.41, 5.74) is 0. The molecule has 9 N–H and O–H groups in total. The third-order valence-corrected chi connectivity index (χ3v) is 6.21. The van der Waals surface area contributed by atoms with Gasteiger partial charge in [0, 0.05) is 0 Å². The first kappa shape index (κ1) is 28.5. The van der Waals surface area contributed by atoms with Crippen molar-refractivity contribution in [2.24, 2.45) is 0 Å². The van der Waals surface area contributed by atoms with E-state index in [4.69, 9.17) is 23.7 Å². The van der Waals surface area contributed by atoms with E-state index in [1.165, 1.54) is 6.92 Å². The monoisotopic (exact) mass is 516 g/mol. The molecule has 15 atom stereocenters. The highest BCUT2D eigenvalue weighted by Gasteiger charge is 2.54. The maximum Gasteiger partial charge on any atom is 0.337 e. The molecular formula is C19H32O16. The van der Waals surface area contributed by atoms with Crippen LogP contribution in [0.1, 0.15) is 6.92 Å². The molecule has 0 bridgehead atoms. The van der Waals surface area contributed by atoms with E-state index in [-0.39, 0.29) is 0 Å². The molecule has 35 heavy (non-hydrogen) atoms. The highest BCUT2D eigenvalue weighted by Crippen LogP contribution is 2.32. The van der Waals surface area contributed by atoms with Gasteiger partial charge in [-0.05, 0) is 6.92 Å². The van der Waals surface area contributed by atoms with Crippen molar-refractivity contribution in [3.05, 3.63) is 0 Å². The van der Waals surface area contributed by atoms with E-state index in [9.17, 15) is 50.8 Å². The Kier molecular flexibility index (Phi) is 9.38. The van der Waals surface area contributed by atoms with Crippen molar-refractivity contribution in [3.8, 4) is 0 Å². The van der Waals surface area contributed by atoms with Gasteiger partial charge >= 0.3 is 5.97 Å². The number of ether oxygens (including phenoxy) is 6. The van der Waals surface area contributed by atoms with Gasteiger partial charge in [-0.1, -0.05) is 0 Å². The van der Waals surface area contributed by atoms with Crippen LogP contribution in [0.4, 0.5) is 0 Å². The summed E-state index contributed by atoms with van der Waals surface area (Å²) in [5.74, 6) is -1.09. The molecule has 3 aliphatic rings. The smallest absolute Gasteiger partial charge is 0.337 e. The second kappa shape index (κ2) is 11.5. The van der Waals surface area contributed by atoms with Crippen molar-refractivity contribution in [2.75, 3.05) is 13.7 Å². The predicted molar refractivity (Wildman–Crippen MR) is 105 cm³/mol. The van der Waals surface area contributed by atoms with E-state index >= 15 is 0 Å². The van der Waals surface area contributed by atoms with Crippen molar-refractivity contribution in [2.45, 2.75) is 99.0 Å². The molecule has 204 valence electrons. The molecule has 3 saturated heterocycles. The normalized spacial score (nSPS) is 51.1. The maximum absolute atomic E-state index is 12.0. The van der Waals surface area contributed by atoms with Gasteiger partial charge in [0.15, 0.2) is 25.0 Å². The van der Waals surface area contributed by atoms with Crippen LogP contribution in [0, 0.1) is 0 Å². The Bertz CT molecular complexity index is 708. The van der Waals surface area contributed by atoms with Crippen molar-refractivity contribution >= 4 is 5.97 Å². The zero-order chi connectivity index (χ0) is 26.2. The standard InChI is InChI=1S/C19H32O16/c1-4-6(21)7(22)11(26)18(31-4)34-13-5(3-20)32-19(12(27)9(13)24)35-14-8(23)10(25)16(28)33-15(14)17(29)30-2/h4-16,18-28H,3H2,1-2H3/t4-,5+,6-,7+,8+,9+,10+,11+,12+,13+,14-,15-,16+,18-,19-/m0/s1. The lowest BCUT2D eigenvalue weighted by molar-refractivity contribution is -0.374. The minimum Gasteiger partial charge on any atom is -0.467 e. The lowest BCUT2D eigenvalue weighted by atomic mass is 9.96. The molecule has 0 amide bonds. The molecule has 0 spiro atoms. The molecule has 0 aromatic carbocycles. The van der Waals surface area contributed by atoms with Crippen molar-refractivity contribution in [1.82, 2.24) is 0 Å². The van der Waals surface area contributed by atoms with Gasteiger partial charge in [-0.15, -0.1) is 0 Å². The van der Waals surface area contributed by atoms with E-state index in [2.05, 4.69) is 4.74 Å². The lowest BCUT2D eigenvalue weighted by Crippen LogP contribution is -2.66. The van der Waals surface area contributed by atoms with Crippen LogP contribution in [0.2, 0.25) is 0 Å². The van der Waals surface area contributed by atoms with E-state index in [1.807, 2.05) is 0 Å². The van der Waals surface area contributed by atoms with E-state index < -0.39 is 105 Å². The van der Waals surface area contributed by atoms with Crippen molar-refractivity contribution < 1.29 is 79.2 Å². The molecule has 0 radical (unpaired) electrons. The topological polar surface area (TPSA) is 255 Å². The highest BCUT2D eigenvalue weighted by molar-refractivity contribution is 5.75. The maximum atomic E-state index is 12.0. The van der Waals surface area contributed by atoms with Crippen molar-refractivity contribution in [3.63, 3.8) is 0 Å². The Hall–Kier alpha value is -1.09. The zero-order valence-corrected chi connectivity index (χ0v) is 18.8. The largest absolute Gasteiger partial charge is 0.467 e. The highest BCUT2D eigenvalue weighted by atomic mass is 16.8. The molecule has 16 nitrogen and oxygen atoms in total. The average Bonchev–Trinajstić information content (AvgIpc) is 2.84. The fraction of sp³-hybridized carbons (Fsp3) is 0.947. The van der Waals surface area contributed by atoms with Crippen molar-refractivity contribution in [1.29, 1.82) is 0 Å². The van der Waals surface area contributed by atoms with Crippen LogP contribution in [-0.2, 0) is 33.2 Å². The number of hydrogen-bond acceptors (Lipinski definition) is 16. The van der Waals surface area contributed by atoms with Gasteiger partial charge < -0.3 is 74.4 Å². The summed E-state index contributed by atoms with van der Waals surface area (Å²) in [6.45, 7) is 0.580. The number of aliphatic hydroxyl groups excluding tert-OH is 9.